The van der Waals surface area contributed by atoms with Crippen molar-refractivity contribution >= 4 is 17.3 Å². The highest BCUT2D eigenvalue weighted by molar-refractivity contribution is 6.02. The van der Waals surface area contributed by atoms with E-state index in [0.717, 1.165) is 31.9 Å². The van der Waals surface area contributed by atoms with E-state index in [2.05, 4.69) is 45.4 Å². The Bertz CT molecular complexity index is 799. The van der Waals surface area contributed by atoms with Gasteiger partial charge in [0, 0.05) is 18.8 Å². The second-order valence-corrected chi connectivity index (χ2v) is 7.65. The average Bonchev–Trinajstić information content (AvgIpc) is 2.69. The predicted molar refractivity (Wildman–Crippen MR) is 110 cm³/mol. The highest BCUT2D eigenvalue weighted by Crippen LogP contribution is 2.30. The molecule has 1 amide bonds. The monoisotopic (exact) mass is 364 g/mol. The van der Waals surface area contributed by atoms with Crippen molar-refractivity contribution in [3.05, 3.63) is 59.7 Å². The molecular formula is C22H28N4O. The van der Waals surface area contributed by atoms with Crippen molar-refractivity contribution in [2.45, 2.75) is 31.8 Å². The molecule has 0 aliphatic carbocycles. The average molecular weight is 364 g/mol. The van der Waals surface area contributed by atoms with Gasteiger partial charge in [-0.15, -0.1) is 0 Å². The Morgan fingerprint density at radius 1 is 1.07 bits per heavy atom. The van der Waals surface area contributed by atoms with Crippen molar-refractivity contribution in [3.63, 3.8) is 0 Å². The summed E-state index contributed by atoms with van der Waals surface area (Å²) in [5, 5.41) is 3.04. The van der Waals surface area contributed by atoms with Crippen LogP contribution in [0.5, 0.6) is 0 Å². The van der Waals surface area contributed by atoms with Crippen LogP contribution in [0.1, 0.15) is 41.6 Å². The van der Waals surface area contributed by atoms with Crippen LogP contribution in [0.15, 0.2) is 48.5 Å². The first-order valence-corrected chi connectivity index (χ1v) is 9.86. The van der Waals surface area contributed by atoms with E-state index in [1.54, 1.807) is 6.07 Å². The third kappa shape index (κ3) is 3.78. The molecule has 2 aliphatic rings. The molecule has 5 heteroatoms. The molecule has 0 radical (unpaired) electrons. The molecule has 0 aromatic heterocycles. The van der Waals surface area contributed by atoms with Crippen molar-refractivity contribution in [1.29, 1.82) is 0 Å². The Balaban J connectivity index is 1.37. The summed E-state index contributed by atoms with van der Waals surface area (Å²) < 4.78 is 0. The van der Waals surface area contributed by atoms with Gasteiger partial charge in [0.15, 0.2) is 0 Å². The van der Waals surface area contributed by atoms with Gasteiger partial charge in [0.2, 0.25) is 0 Å². The van der Waals surface area contributed by atoms with Gasteiger partial charge in [-0.25, -0.2) is 0 Å². The maximum atomic E-state index is 12.3. The van der Waals surface area contributed by atoms with Crippen molar-refractivity contribution < 1.29 is 4.79 Å². The minimum atomic E-state index is -0.0373. The van der Waals surface area contributed by atoms with E-state index in [4.69, 9.17) is 5.73 Å². The van der Waals surface area contributed by atoms with Gasteiger partial charge in [0.25, 0.3) is 5.91 Å². The summed E-state index contributed by atoms with van der Waals surface area (Å²) in [4.78, 5) is 17.1. The van der Waals surface area contributed by atoms with Crippen molar-refractivity contribution in [3.8, 4) is 0 Å². The van der Waals surface area contributed by atoms with Gasteiger partial charge in [0.05, 0.1) is 17.4 Å². The molecule has 5 nitrogen and oxygen atoms in total. The Kier molecular flexibility index (Phi) is 5.03. The lowest BCUT2D eigenvalue weighted by Gasteiger charge is -2.39. The third-order valence-electron chi connectivity index (χ3n) is 5.90. The number of benzene rings is 2. The number of hydrogen-bond acceptors (Lipinski definition) is 4. The molecule has 3 N–H and O–H groups in total. The summed E-state index contributed by atoms with van der Waals surface area (Å²) in [5.41, 5.74) is 9.63. The number of hydrogen-bond donors (Lipinski definition) is 2. The summed E-state index contributed by atoms with van der Waals surface area (Å²) in [7, 11) is 0. The number of carbonyl (C=O) groups excluding carboxylic acids is 1. The van der Waals surface area contributed by atoms with Crippen LogP contribution < -0.4 is 16.0 Å². The molecule has 4 rings (SSSR count). The van der Waals surface area contributed by atoms with Gasteiger partial charge >= 0.3 is 0 Å². The van der Waals surface area contributed by atoms with Gasteiger partial charge in [-0.3, -0.25) is 4.79 Å². The first-order valence-electron chi connectivity index (χ1n) is 9.86. The molecule has 142 valence electrons. The number of piperidine rings is 1. The summed E-state index contributed by atoms with van der Waals surface area (Å²) >= 11 is 0. The SMILES string of the molecule is CC1NC(=O)c2cc(N)ccc2N1CCN1CCC(c2ccccc2)CC1. The van der Waals surface area contributed by atoms with Crippen LogP contribution >= 0.6 is 0 Å². The second kappa shape index (κ2) is 7.61. The summed E-state index contributed by atoms with van der Waals surface area (Å²) in [6.45, 7) is 6.20. The van der Waals surface area contributed by atoms with E-state index < -0.39 is 0 Å². The molecule has 1 saturated heterocycles. The summed E-state index contributed by atoms with van der Waals surface area (Å²) in [5.74, 6) is 0.643. The smallest absolute Gasteiger partial charge is 0.255 e. The van der Waals surface area contributed by atoms with Crippen LogP contribution in [-0.4, -0.2) is 43.2 Å². The fourth-order valence-electron chi connectivity index (χ4n) is 4.32. The highest BCUT2D eigenvalue weighted by Gasteiger charge is 2.29. The van der Waals surface area contributed by atoms with Crippen LogP contribution in [-0.2, 0) is 0 Å². The van der Waals surface area contributed by atoms with Gasteiger partial charge in [-0.05, 0) is 62.5 Å². The highest BCUT2D eigenvalue weighted by atomic mass is 16.2. The summed E-state index contributed by atoms with van der Waals surface area (Å²) in [6.07, 6.45) is 2.42. The van der Waals surface area contributed by atoms with E-state index in [0.29, 0.717) is 17.2 Å². The van der Waals surface area contributed by atoms with Crippen molar-refractivity contribution in [1.82, 2.24) is 10.2 Å². The topological polar surface area (TPSA) is 61.6 Å². The minimum Gasteiger partial charge on any atom is -0.399 e. The second-order valence-electron chi connectivity index (χ2n) is 7.65. The van der Waals surface area contributed by atoms with Gasteiger partial charge in [-0.2, -0.15) is 0 Å². The first-order chi connectivity index (χ1) is 13.1. The molecule has 2 aromatic rings. The molecule has 2 heterocycles. The van der Waals surface area contributed by atoms with Gasteiger partial charge < -0.3 is 20.9 Å². The normalized spacial score (nSPS) is 21.0. The Hall–Kier alpha value is -2.53. The largest absolute Gasteiger partial charge is 0.399 e. The fraction of sp³-hybridized carbons (Fsp3) is 0.409. The molecule has 27 heavy (non-hydrogen) atoms. The number of likely N-dealkylation sites (tertiary alicyclic amines) is 1. The van der Waals surface area contributed by atoms with Gasteiger partial charge in [0.1, 0.15) is 0 Å². The van der Waals surface area contributed by atoms with Crippen LogP contribution in [0.25, 0.3) is 0 Å². The van der Waals surface area contributed by atoms with Crippen LogP contribution in [0.2, 0.25) is 0 Å². The zero-order valence-electron chi connectivity index (χ0n) is 15.9. The Morgan fingerprint density at radius 2 is 1.81 bits per heavy atom. The molecular weight excluding hydrogens is 336 g/mol. The quantitative estimate of drug-likeness (QED) is 0.819. The molecule has 0 saturated carbocycles. The third-order valence-corrected chi connectivity index (χ3v) is 5.90. The van der Waals surface area contributed by atoms with E-state index in [9.17, 15) is 4.79 Å². The number of nitrogens with two attached hydrogens (primary N) is 1. The zero-order valence-corrected chi connectivity index (χ0v) is 15.9. The molecule has 2 aromatic carbocycles. The number of nitrogens with one attached hydrogen (secondary N) is 1. The Labute approximate surface area is 161 Å². The maximum Gasteiger partial charge on any atom is 0.255 e. The van der Waals surface area contributed by atoms with Crippen molar-refractivity contribution in [2.24, 2.45) is 0 Å². The minimum absolute atomic E-state index is 0.00418. The standard InChI is InChI=1S/C22H28N4O/c1-16-24-22(27)20-15-19(23)7-8-21(20)26(16)14-13-25-11-9-18(10-12-25)17-5-3-2-4-6-17/h2-8,15-16,18H,9-14,23H2,1H3,(H,24,27). The zero-order chi connectivity index (χ0) is 18.8. The number of carbonyl (C=O) groups is 1. The molecule has 1 unspecified atom stereocenters. The number of anilines is 2. The number of nitrogen functional groups attached to an aromatic ring is 1. The lowest BCUT2D eigenvalue weighted by molar-refractivity contribution is 0.0929. The van der Waals surface area contributed by atoms with E-state index in [1.165, 1.54) is 18.4 Å². The van der Waals surface area contributed by atoms with Crippen LogP contribution in [0.4, 0.5) is 11.4 Å². The van der Waals surface area contributed by atoms with E-state index in [-0.39, 0.29) is 12.1 Å². The van der Waals surface area contributed by atoms with Crippen molar-refractivity contribution in [2.75, 3.05) is 36.8 Å². The molecule has 2 aliphatic heterocycles. The lowest BCUT2D eigenvalue weighted by Crippen LogP contribution is -2.53. The van der Waals surface area contributed by atoms with Crippen LogP contribution in [0.3, 0.4) is 0 Å². The lowest BCUT2D eigenvalue weighted by atomic mass is 9.89. The predicted octanol–water partition coefficient (Wildman–Crippen LogP) is 3.04. The summed E-state index contributed by atoms with van der Waals surface area (Å²) in [6, 6.07) is 16.5. The van der Waals surface area contributed by atoms with E-state index in [1.807, 2.05) is 19.1 Å². The molecule has 1 atom stereocenters. The fourth-order valence-corrected chi connectivity index (χ4v) is 4.32. The maximum absolute atomic E-state index is 12.3. The Morgan fingerprint density at radius 3 is 2.56 bits per heavy atom. The molecule has 1 fully saturated rings. The number of nitrogens with zero attached hydrogens (tertiary/aromatic N) is 2. The number of rotatable bonds is 4. The van der Waals surface area contributed by atoms with Gasteiger partial charge in [-0.1, -0.05) is 30.3 Å². The number of amides is 1. The number of fused-ring (bicyclic) bond motifs is 1. The molecule has 0 bridgehead atoms. The first kappa shape index (κ1) is 17.9. The molecule has 0 spiro atoms. The van der Waals surface area contributed by atoms with E-state index >= 15 is 0 Å². The van der Waals surface area contributed by atoms with Crippen LogP contribution in [0, 0.1) is 0 Å².